The Bertz CT molecular complexity index is 1540. The van der Waals surface area contributed by atoms with Crippen LogP contribution in [0.2, 0.25) is 10.0 Å². The molecule has 2 unspecified atom stereocenters. The molecule has 1 aromatic carbocycles. The number of aromatic nitrogens is 6. The molecule has 1 saturated heterocycles. The van der Waals surface area contributed by atoms with Gasteiger partial charge < -0.3 is 14.6 Å². The van der Waals surface area contributed by atoms with Crippen LogP contribution in [0.4, 0.5) is 5.95 Å². The highest BCUT2D eigenvalue weighted by molar-refractivity contribution is 6.42. The predicted molar refractivity (Wildman–Crippen MR) is 133 cm³/mol. The number of anilines is 1. The molecule has 2 atom stereocenters. The van der Waals surface area contributed by atoms with Crippen LogP contribution in [0, 0.1) is 0 Å². The summed E-state index contributed by atoms with van der Waals surface area (Å²) in [7, 11) is 3.05. The minimum Gasteiger partial charge on any atom is -0.419 e. The maximum absolute atomic E-state index is 13.2. The van der Waals surface area contributed by atoms with E-state index in [1.807, 2.05) is 0 Å². The number of nitrogens with zero attached hydrogens (tertiary/aromatic N) is 7. The van der Waals surface area contributed by atoms with Gasteiger partial charge in [-0.1, -0.05) is 23.2 Å². The number of fused-ring (bicyclic) bond motifs is 1. The first kappa shape index (κ1) is 23.6. The third-order valence-electron chi connectivity index (χ3n) is 6.09. The van der Waals surface area contributed by atoms with Gasteiger partial charge in [0.05, 0.1) is 10.0 Å². The van der Waals surface area contributed by atoms with Crippen LogP contribution in [0.25, 0.3) is 22.6 Å². The minimum absolute atomic E-state index is 0.0975. The summed E-state index contributed by atoms with van der Waals surface area (Å²) in [6, 6.07) is 5.46. The van der Waals surface area contributed by atoms with Crippen molar-refractivity contribution in [3.05, 3.63) is 55.0 Å². The maximum atomic E-state index is 13.2. The lowest BCUT2D eigenvalue weighted by atomic mass is 10.1. The van der Waals surface area contributed by atoms with E-state index in [1.54, 1.807) is 29.8 Å². The number of hydrogen-bond donors (Lipinski definition) is 1. The van der Waals surface area contributed by atoms with Gasteiger partial charge in [-0.05, 0) is 32.0 Å². The summed E-state index contributed by atoms with van der Waals surface area (Å²) in [6.45, 7) is 5.64. The summed E-state index contributed by atoms with van der Waals surface area (Å²) < 4.78 is 10.1. The minimum atomic E-state index is -0.444. The highest BCUT2D eigenvalue weighted by Crippen LogP contribution is 2.29. The van der Waals surface area contributed by atoms with Crippen molar-refractivity contribution in [1.29, 1.82) is 0 Å². The number of halogens is 2. The summed E-state index contributed by atoms with van der Waals surface area (Å²) in [6.07, 6.45) is 0. The van der Waals surface area contributed by atoms with Gasteiger partial charge in [-0.2, -0.15) is 4.98 Å². The number of aryl methyl sites for hydroxylation is 1. The van der Waals surface area contributed by atoms with Gasteiger partial charge in [-0.3, -0.25) is 18.5 Å². The van der Waals surface area contributed by atoms with E-state index in [2.05, 4.69) is 34.3 Å². The van der Waals surface area contributed by atoms with Crippen LogP contribution in [-0.2, 0) is 20.6 Å². The van der Waals surface area contributed by atoms with Gasteiger partial charge in [0.25, 0.3) is 5.56 Å². The number of piperazine rings is 1. The molecule has 13 heteroatoms. The van der Waals surface area contributed by atoms with Crippen LogP contribution in [-0.4, -0.2) is 54.1 Å². The second-order valence-corrected chi connectivity index (χ2v) is 9.69. The molecule has 5 rings (SSSR count). The van der Waals surface area contributed by atoms with Crippen LogP contribution < -0.4 is 21.5 Å². The van der Waals surface area contributed by atoms with Crippen molar-refractivity contribution >= 4 is 40.3 Å². The number of hydrogen-bond acceptors (Lipinski definition) is 8. The molecule has 4 heterocycles. The van der Waals surface area contributed by atoms with E-state index in [4.69, 9.17) is 32.6 Å². The number of benzene rings is 1. The molecule has 0 bridgehead atoms. The second-order valence-electron chi connectivity index (χ2n) is 8.88. The molecule has 0 amide bonds. The van der Waals surface area contributed by atoms with Crippen molar-refractivity contribution in [2.45, 2.75) is 32.5 Å². The third kappa shape index (κ3) is 4.13. The predicted octanol–water partition coefficient (Wildman–Crippen LogP) is 2.03. The molecule has 0 spiro atoms. The molecule has 1 aliphatic rings. The fourth-order valence-corrected chi connectivity index (χ4v) is 4.81. The van der Waals surface area contributed by atoms with E-state index in [0.29, 0.717) is 40.3 Å². The van der Waals surface area contributed by atoms with Gasteiger partial charge in [0.2, 0.25) is 17.7 Å². The largest absolute Gasteiger partial charge is 0.419 e. The van der Waals surface area contributed by atoms with Gasteiger partial charge in [0.15, 0.2) is 11.2 Å². The highest BCUT2D eigenvalue weighted by Gasteiger charge is 2.28. The Morgan fingerprint density at radius 1 is 1.06 bits per heavy atom. The maximum Gasteiger partial charge on any atom is 0.332 e. The SMILES string of the molecule is CC1CN(c2nc3c(c(=O)n(C)c(=O)n3C)n2Cc2nnc(-c3ccc(Cl)c(Cl)c3)o2)CC(C)N1. The molecule has 35 heavy (non-hydrogen) atoms. The number of rotatable bonds is 4. The van der Waals surface area contributed by atoms with Gasteiger partial charge in [0.1, 0.15) is 6.54 Å². The van der Waals surface area contributed by atoms with Gasteiger partial charge >= 0.3 is 5.69 Å². The van der Waals surface area contributed by atoms with Crippen molar-refractivity contribution in [1.82, 2.24) is 34.2 Å². The molecule has 3 aromatic heterocycles. The Labute approximate surface area is 209 Å². The second kappa shape index (κ2) is 8.81. The van der Waals surface area contributed by atoms with Crippen LogP contribution in [0.3, 0.4) is 0 Å². The van der Waals surface area contributed by atoms with Crippen LogP contribution >= 0.6 is 23.2 Å². The summed E-state index contributed by atoms with van der Waals surface area (Å²) >= 11 is 12.1. The van der Waals surface area contributed by atoms with E-state index in [-0.39, 0.29) is 35.9 Å². The number of imidazole rings is 1. The third-order valence-corrected chi connectivity index (χ3v) is 6.83. The average Bonchev–Trinajstić information content (AvgIpc) is 3.43. The zero-order chi connectivity index (χ0) is 25.0. The molecule has 4 aromatic rings. The molecule has 11 nitrogen and oxygen atoms in total. The molecule has 1 fully saturated rings. The van der Waals surface area contributed by atoms with E-state index < -0.39 is 11.2 Å². The molecule has 0 radical (unpaired) electrons. The molecule has 0 aliphatic carbocycles. The fraction of sp³-hybridized carbons (Fsp3) is 0.409. The Hall–Kier alpha value is -3.15. The molecular weight excluding hydrogens is 495 g/mol. The first-order valence-electron chi connectivity index (χ1n) is 11.1. The summed E-state index contributed by atoms with van der Waals surface area (Å²) in [4.78, 5) is 32.6. The Morgan fingerprint density at radius 2 is 1.77 bits per heavy atom. The normalized spacial score (nSPS) is 18.5. The van der Waals surface area contributed by atoms with Gasteiger partial charge in [-0.15, -0.1) is 10.2 Å². The summed E-state index contributed by atoms with van der Waals surface area (Å²) in [5.74, 6) is 1.11. The molecule has 0 saturated carbocycles. The zero-order valence-corrected chi connectivity index (χ0v) is 21.1. The van der Waals surface area contributed by atoms with Gasteiger partial charge in [-0.25, -0.2) is 4.79 Å². The fourth-order valence-electron chi connectivity index (χ4n) is 4.51. The summed E-state index contributed by atoms with van der Waals surface area (Å²) in [5.41, 5.74) is 0.327. The van der Waals surface area contributed by atoms with Crippen LogP contribution in [0.1, 0.15) is 19.7 Å². The summed E-state index contributed by atoms with van der Waals surface area (Å²) in [5, 5.41) is 12.6. The Morgan fingerprint density at radius 3 is 2.46 bits per heavy atom. The first-order valence-corrected chi connectivity index (χ1v) is 11.8. The standard InChI is InChI=1S/C22H24Cl2N8O3/c1-11-8-31(9-12(2)25-11)21-26-18-17(20(33)30(4)22(34)29(18)3)32(21)10-16-27-28-19(35-16)13-5-6-14(23)15(24)7-13/h5-7,11-12,25H,8-10H2,1-4H3. The topological polar surface area (TPSA) is 116 Å². The van der Waals surface area contributed by atoms with E-state index >= 15 is 0 Å². The lowest BCUT2D eigenvalue weighted by molar-refractivity contribution is 0.399. The average molecular weight is 519 g/mol. The van der Waals surface area contributed by atoms with E-state index in [0.717, 1.165) is 4.57 Å². The zero-order valence-electron chi connectivity index (χ0n) is 19.6. The van der Waals surface area contributed by atoms with Crippen molar-refractivity contribution in [3.8, 4) is 11.5 Å². The smallest absolute Gasteiger partial charge is 0.332 e. The molecule has 184 valence electrons. The number of nitrogens with one attached hydrogen (secondary N) is 1. The Balaban J connectivity index is 1.63. The lowest BCUT2D eigenvalue weighted by Crippen LogP contribution is -2.55. The van der Waals surface area contributed by atoms with Crippen LogP contribution in [0.5, 0.6) is 0 Å². The highest BCUT2D eigenvalue weighted by atomic mass is 35.5. The lowest BCUT2D eigenvalue weighted by Gasteiger charge is -2.36. The Kier molecular flexibility index (Phi) is 5.94. The van der Waals surface area contributed by atoms with Gasteiger partial charge in [0, 0.05) is 44.8 Å². The van der Waals surface area contributed by atoms with Crippen molar-refractivity contribution in [2.75, 3.05) is 18.0 Å². The van der Waals surface area contributed by atoms with E-state index in [9.17, 15) is 9.59 Å². The first-order chi connectivity index (χ1) is 16.6. The molecular formula is C22H24Cl2N8O3. The van der Waals surface area contributed by atoms with Crippen molar-refractivity contribution in [2.24, 2.45) is 14.1 Å². The molecule has 1 aliphatic heterocycles. The molecule has 1 N–H and O–H groups in total. The van der Waals surface area contributed by atoms with Crippen molar-refractivity contribution in [3.63, 3.8) is 0 Å². The quantitative estimate of drug-likeness (QED) is 0.436. The monoisotopic (exact) mass is 518 g/mol. The van der Waals surface area contributed by atoms with E-state index in [1.165, 1.54) is 11.6 Å². The van der Waals surface area contributed by atoms with Crippen LogP contribution in [0.15, 0.2) is 32.2 Å². The van der Waals surface area contributed by atoms with Crippen molar-refractivity contribution < 1.29 is 4.42 Å².